The van der Waals surface area contributed by atoms with Crippen LogP contribution in [0.4, 0.5) is 0 Å². The van der Waals surface area contributed by atoms with Crippen molar-refractivity contribution in [3.63, 3.8) is 0 Å². The molecule has 9 heteroatoms. The van der Waals surface area contributed by atoms with E-state index in [2.05, 4.69) is 10.5 Å². The van der Waals surface area contributed by atoms with Crippen LogP contribution in [0.2, 0.25) is 0 Å². The van der Waals surface area contributed by atoms with Crippen molar-refractivity contribution in [2.24, 2.45) is 11.1 Å². The Morgan fingerprint density at radius 3 is 2.71 bits per heavy atom. The maximum absolute atomic E-state index is 11.9. The molecular formula is C19H23N3O6. The topological polar surface area (TPSA) is 119 Å². The standard InChI is InChI=1S/C19H23N3O6/c1-12(2)19(4,10-20)21-17(23)8-25-18(24)9-28-22-13(3)14-5-6-15-16(7-14)27-11-26-15/h5-7,12H,8-9,11H2,1-4H3,(H,21,23)/b22-13-. The van der Waals surface area contributed by atoms with Gasteiger partial charge in [-0.2, -0.15) is 5.26 Å². The highest BCUT2D eigenvalue weighted by molar-refractivity contribution is 5.99. The number of amides is 1. The second kappa shape index (κ2) is 9.08. The summed E-state index contributed by atoms with van der Waals surface area (Å²) in [7, 11) is 0. The zero-order valence-corrected chi connectivity index (χ0v) is 16.3. The molecule has 1 aliphatic rings. The zero-order chi connectivity index (χ0) is 20.7. The normalized spacial score (nSPS) is 14.8. The monoisotopic (exact) mass is 389 g/mol. The number of ether oxygens (including phenoxy) is 3. The van der Waals surface area contributed by atoms with E-state index in [9.17, 15) is 14.9 Å². The maximum atomic E-state index is 11.9. The van der Waals surface area contributed by atoms with Crippen LogP contribution in [0, 0.1) is 17.2 Å². The molecule has 0 saturated heterocycles. The number of hydrogen-bond donors (Lipinski definition) is 1. The molecule has 28 heavy (non-hydrogen) atoms. The molecule has 0 saturated carbocycles. The van der Waals surface area contributed by atoms with Crippen LogP contribution in [-0.4, -0.2) is 43.1 Å². The predicted molar refractivity (Wildman–Crippen MR) is 98.7 cm³/mol. The highest BCUT2D eigenvalue weighted by atomic mass is 16.7. The highest BCUT2D eigenvalue weighted by Gasteiger charge is 2.30. The number of carbonyl (C=O) groups excluding carboxylic acids is 2. The van der Waals surface area contributed by atoms with Crippen LogP contribution in [-0.2, 0) is 19.2 Å². The number of benzene rings is 1. The van der Waals surface area contributed by atoms with Crippen LogP contribution < -0.4 is 14.8 Å². The Labute approximate surface area is 163 Å². The first kappa shape index (κ1) is 21.0. The van der Waals surface area contributed by atoms with Gasteiger partial charge < -0.3 is 24.4 Å². The quantitative estimate of drug-likeness (QED) is 0.409. The largest absolute Gasteiger partial charge is 0.454 e. The fourth-order valence-corrected chi connectivity index (χ4v) is 2.17. The number of oxime groups is 1. The van der Waals surface area contributed by atoms with Crippen molar-refractivity contribution in [1.29, 1.82) is 5.26 Å². The first-order valence-electron chi connectivity index (χ1n) is 8.69. The molecule has 1 aromatic carbocycles. The van der Waals surface area contributed by atoms with E-state index in [0.717, 1.165) is 5.56 Å². The van der Waals surface area contributed by atoms with Crippen molar-refractivity contribution in [1.82, 2.24) is 5.32 Å². The summed E-state index contributed by atoms with van der Waals surface area (Å²) < 4.78 is 15.4. The third-order valence-corrected chi connectivity index (χ3v) is 4.32. The van der Waals surface area contributed by atoms with Gasteiger partial charge in [-0.15, -0.1) is 0 Å². The molecule has 0 aliphatic carbocycles. The van der Waals surface area contributed by atoms with Gasteiger partial charge in [0.1, 0.15) is 5.54 Å². The Kier molecular flexibility index (Phi) is 6.82. The number of carbonyl (C=O) groups is 2. The van der Waals surface area contributed by atoms with Gasteiger partial charge in [-0.1, -0.05) is 19.0 Å². The number of nitriles is 1. The molecule has 1 atom stereocenters. The molecule has 1 heterocycles. The molecule has 9 nitrogen and oxygen atoms in total. The number of rotatable bonds is 8. The van der Waals surface area contributed by atoms with Crippen LogP contribution in [0.5, 0.6) is 11.5 Å². The Morgan fingerprint density at radius 1 is 1.32 bits per heavy atom. The number of hydrogen-bond acceptors (Lipinski definition) is 8. The van der Waals surface area contributed by atoms with E-state index < -0.39 is 30.6 Å². The van der Waals surface area contributed by atoms with Gasteiger partial charge in [0.2, 0.25) is 13.4 Å². The molecule has 1 unspecified atom stereocenters. The van der Waals surface area contributed by atoms with Crippen LogP contribution >= 0.6 is 0 Å². The lowest BCUT2D eigenvalue weighted by Crippen LogP contribution is -2.50. The minimum atomic E-state index is -1.04. The van der Waals surface area contributed by atoms with E-state index in [0.29, 0.717) is 17.2 Å². The van der Waals surface area contributed by atoms with E-state index in [1.165, 1.54) is 0 Å². The van der Waals surface area contributed by atoms with Crippen molar-refractivity contribution in [3.8, 4) is 17.6 Å². The number of nitrogens with one attached hydrogen (secondary N) is 1. The molecule has 1 amide bonds. The van der Waals surface area contributed by atoms with Gasteiger partial charge in [-0.3, -0.25) is 4.79 Å². The van der Waals surface area contributed by atoms with E-state index in [-0.39, 0.29) is 12.7 Å². The predicted octanol–water partition coefficient (Wildman–Crippen LogP) is 1.75. The first-order valence-corrected chi connectivity index (χ1v) is 8.69. The fraction of sp³-hybridized carbons (Fsp3) is 0.474. The molecular weight excluding hydrogens is 366 g/mol. The summed E-state index contributed by atoms with van der Waals surface area (Å²) in [4.78, 5) is 28.5. The minimum Gasteiger partial charge on any atom is -0.454 e. The number of nitrogens with zero attached hydrogens (tertiary/aromatic N) is 2. The fourth-order valence-electron chi connectivity index (χ4n) is 2.17. The molecule has 0 bridgehead atoms. The molecule has 0 fully saturated rings. The average Bonchev–Trinajstić information content (AvgIpc) is 3.13. The summed E-state index contributed by atoms with van der Waals surface area (Å²) in [5, 5.41) is 15.6. The van der Waals surface area contributed by atoms with Crippen LogP contribution in [0.3, 0.4) is 0 Å². The van der Waals surface area contributed by atoms with Crippen LogP contribution in [0.1, 0.15) is 33.3 Å². The molecule has 0 aromatic heterocycles. The number of esters is 1. The van der Waals surface area contributed by atoms with Crippen molar-refractivity contribution < 1.29 is 28.6 Å². The first-order chi connectivity index (χ1) is 13.2. The van der Waals surface area contributed by atoms with Crippen molar-refractivity contribution in [2.45, 2.75) is 33.2 Å². The smallest absolute Gasteiger partial charge is 0.347 e. The highest BCUT2D eigenvalue weighted by Crippen LogP contribution is 2.32. The lowest BCUT2D eigenvalue weighted by atomic mass is 9.90. The maximum Gasteiger partial charge on any atom is 0.347 e. The SMILES string of the molecule is C/C(=N/OCC(=O)OCC(=O)NC(C)(C#N)C(C)C)c1ccc2c(c1)OCO2. The lowest BCUT2D eigenvalue weighted by Gasteiger charge is -2.27. The van der Waals surface area contributed by atoms with Crippen molar-refractivity contribution in [2.75, 3.05) is 20.0 Å². The van der Waals surface area contributed by atoms with E-state index in [1.807, 2.05) is 19.9 Å². The molecule has 0 radical (unpaired) electrons. The van der Waals surface area contributed by atoms with Crippen LogP contribution in [0.25, 0.3) is 0 Å². The summed E-state index contributed by atoms with van der Waals surface area (Å²) >= 11 is 0. The van der Waals surface area contributed by atoms with Gasteiger partial charge in [0, 0.05) is 5.56 Å². The summed E-state index contributed by atoms with van der Waals surface area (Å²) in [6, 6.07) is 7.35. The molecule has 150 valence electrons. The van der Waals surface area contributed by atoms with Crippen molar-refractivity contribution in [3.05, 3.63) is 23.8 Å². The van der Waals surface area contributed by atoms with Gasteiger partial charge >= 0.3 is 5.97 Å². The van der Waals surface area contributed by atoms with Gasteiger partial charge in [-0.05, 0) is 38.0 Å². The molecule has 2 rings (SSSR count). The van der Waals surface area contributed by atoms with E-state index in [1.54, 1.807) is 32.0 Å². The summed E-state index contributed by atoms with van der Waals surface area (Å²) in [5.41, 5.74) is 0.249. The summed E-state index contributed by atoms with van der Waals surface area (Å²) in [6.07, 6.45) is 0. The Balaban J connectivity index is 1.77. The number of fused-ring (bicyclic) bond motifs is 1. The second-order valence-corrected chi connectivity index (χ2v) is 6.70. The molecule has 0 spiro atoms. The second-order valence-electron chi connectivity index (χ2n) is 6.70. The molecule has 1 N–H and O–H groups in total. The van der Waals surface area contributed by atoms with Gasteiger partial charge in [0.25, 0.3) is 5.91 Å². The average molecular weight is 389 g/mol. The van der Waals surface area contributed by atoms with Gasteiger partial charge in [0.15, 0.2) is 18.1 Å². The zero-order valence-electron chi connectivity index (χ0n) is 16.3. The van der Waals surface area contributed by atoms with E-state index in [4.69, 9.17) is 19.0 Å². The lowest BCUT2D eigenvalue weighted by molar-refractivity contribution is -0.153. The minimum absolute atomic E-state index is 0.103. The van der Waals surface area contributed by atoms with Crippen molar-refractivity contribution >= 4 is 17.6 Å². The Hall–Kier alpha value is -3.28. The molecule has 1 aliphatic heterocycles. The Bertz CT molecular complexity index is 814. The summed E-state index contributed by atoms with van der Waals surface area (Å²) in [5.74, 6) is -0.145. The Morgan fingerprint density at radius 2 is 2.04 bits per heavy atom. The molecule has 1 aromatic rings. The third-order valence-electron chi connectivity index (χ3n) is 4.32. The summed E-state index contributed by atoms with van der Waals surface area (Å²) in [6.45, 7) is 6.16. The van der Waals surface area contributed by atoms with Gasteiger partial charge in [0.05, 0.1) is 11.8 Å². The van der Waals surface area contributed by atoms with Gasteiger partial charge in [-0.25, -0.2) is 4.79 Å². The van der Waals surface area contributed by atoms with Crippen LogP contribution in [0.15, 0.2) is 23.4 Å². The third kappa shape index (κ3) is 5.36. The van der Waals surface area contributed by atoms with E-state index >= 15 is 0 Å².